The second kappa shape index (κ2) is 15.3. The zero-order chi connectivity index (χ0) is 41.7. The lowest BCUT2D eigenvalue weighted by Crippen LogP contribution is -2.10. The second-order valence-electron chi connectivity index (χ2n) is 16.1. The molecule has 0 unspecified atom stereocenters. The zero-order valence-corrected chi connectivity index (χ0v) is 34.4. The lowest BCUT2D eigenvalue weighted by molar-refractivity contribution is 0.669. The maximum Gasteiger partial charge on any atom is 0.135 e. The van der Waals surface area contributed by atoms with Gasteiger partial charge in [-0.05, 0) is 123 Å². The Kier molecular flexibility index (Phi) is 8.83. The van der Waals surface area contributed by atoms with Crippen LogP contribution in [0.15, 0.2) is 247 Å². The molecule has 3 nitrogen and oxygen atoms in total. The Morgan fingerprint density at radius 3 is 1.54 bits per heavy atom. The van der Waals surface area contributed by atoms with Gasteiger partial charge in [-0.25, -0.2) is 0 Å². The third-order valence-corrected chi connectivity index (χ3v) is 12.4. The highest BCUT2D eigenvalue weighted by atomic mass is 16.3. The van der Waals surface area contributed by atoms with Gasteiger partial charge in [0.15, 0.2) is 0 Å². The van der Waals surface area contributed by atoms with Gasteiger partial charge < -0.3 is 13.9 Å². The molecule has 2 heterocycles. The Balaban J connectivity index is 0.953. The summed E-state index contributed by atoms with van der Waals surface area (Å²) in [5.74, 6) is 0. The van der Waals surface area contributed by atoms with Crippen molar-refractivity contribution in [2.24, 2.45) is 0 Å². The van der Waals surface area contributed by atoms with Gasteiger partial charge in [0.1, 0.15) is 11.2 Å². The average molecular weight is 805 g/mol. The predicted molar refractivity (Wildman–Crippen MR) is 264 cm³/mol. The van der Waals surface area contributed by atoms with Crippen LogP contribution in [0.3, 0.4) is 0 Å². The van der Waals surface area contributed by atoms with Crippen molar-refractivity contribution in [2.45, 2.75) is 0 Å². The Morgan fingerprint density at radius 2 is 0.825 bits per heavy atom. The summed E-state index contributed by atoms with van der Waals surface area (Å²) in [5, 5.41) is 4.70. The van der Waals surface area contributed by atoms with Crippen molar-refractivity contribution in [3.8, 4) is 50.2 Å². The van der Waals surface area contributed by atoms with Crippen LogP contribution in [0.25, 0.3) is 93.9 Å². The third kappa shape index (κ3) is 6.46. The van der Waals surface area contributed by atoms with Crippen molar-refractivity contribution in [1.82, 2.24) is 4.57 Å². The van der Waals surface area contributed by atoms with Crippen LogP contribution >= 0.6 is 0 Å². The van der Waals surface area contributed by atoms with E-state index < -0.39 is 0 Å². The highest BCUT2D eigenvalue weighted by Crippen LogP contribution is 2.42. The summed E-state index contributed by atoms with van der Waals surface area (Å²) < 4.78 is 8.62. The summed E-state index contributed by atoms with van der Waals surface area (Å²) in [7, 11) is 0. The number of anilines is 3. The standard InChI is InChI=1S/C60H40N2O/c1-3-14-41(15-4-1)43-28-32-48(33-29-43)61(49-34-30-44(31-35-49)42-16-5-2-6-17-42)50-21-12-19-46(39-50)45-18-11-20-47(38-45)52-24-13-26-57-60(52)54-23-7-9-25-56(54)62(57)51-36-37-59-55(40-51)53-22-8-10-27-58(53)63-59/h1-40H. The second-order valence-corrected chi connectivity index (χ2v) is 16.1. The van der Waals surface area contributed by atoms with E-state index in [1.165, 1.54) is 55.2 Å². The SMILES string of the molecule is c1ccc(-c2ccc(N(c3ccc(-c4ccccc4)cc3)c3cccc(-c4cccc(-c5cccc6c5c5ccccc5n6-c5ccc6oc7ccccc7c6c5)c4)c3)cc2)cc1. The van der Waals surface area contributed by atoms with E-state index in [1.807, 2.05) is 12.1 Å². The molecule has 0 bridgehead atoms. The first-order valence-corrected chi connectivity index (χ1v) is 21.5. The van der Waals surface area contributed by atoms with Crippen molar-refractivity contribution in [2.75, 3.05) is 4.90 Å². The quantitative estimate of drug-likeness (QED) is 0.153. The Hall–Kier alpha value is -8.40. The number of para-hydroxylation sites is 2. The molecule has 3 heteroatoms. The van der Waals surface area contributed by atoms with E-state index in [0.717, 1.165) is 55.8 Å². The van der Waals surface area contributed by atoms with E-state index in [9.17, 15) is 0 Å². The summed E-state index contributed by atoms with van der Waals surface area (Å²) >= 11 is 0. The minimum Gasteiger partial charge on any atom is -0.456 e. The van der Waals surface area contributed by atoms with Crippen LogP contribution in [-0.2, 0) is 0 Å². The minimum absolute atomic E-state index is 0.896. The molecular weight excluding hydrogens is 765 g/mol. The summed E-state index contributed by atoms with van der Waals surface area (Å²) in [6.45, 7) is 0. The molecule has 12 rings (SSSR count). The summed E-state index contributed by atoms with van der Waals surface area (Å²) in [6, 6.07) is 87.2. The van der Waals surface area contributed by atoms with Crippen LogP contribution < -0.4 is 4.90 Å². The molecule has 0 N–H and O–H groups in total. The first-order valence-electron chi connectivity index (χ1n) is 21.5. The molecule has 0 aliphatic carbocycles. The predicted octanol–water partition coefficient (Wildman–Crippen LogP) is 16.8. The van der Waals surface area contributed by atoms with Gasteiger partial charge in [-0.15, -0.1) is 0 Å². The first-order chi connectivity index (χ1) is 31.2. The molecule has 10 aromatic carbocycles. The van der Waals surface area contributed by atoms with Gasteiger partial charge in [-0.2, -0.15) is 0 Å². The lowest BCUT2D eigenvalue weighted by Gasteiger charge is -2.26. The summed E-state index contributed by atoms with van der Waals surface area (Å²) in [6.07, 6.45) is 0. The number of hydrogen-bond donors (Lipinski definition) is 0. The van der Waals surface area contributed by atoms with E-state index in [2.05, 4.69) is 240 Å². The molecule has 0 amide bonds. The number of rotatable bonds is 8. The minimum atomic E-state index is 0.896. The van der Waals surface area contributed by atoms with E-state index >= 15 is 0 Å². The van der Waals surface area contributed by atoms with Crippen molar-refractivity contribution in [3.05, 3.63) is 243 Å². The molecule has 296 valence electrons. The van der Waals surface area contributed by atoms with E-state index in [-0.39, 0.29) is 0 Å². The van der Waals surface area contributed by atoms with Crippen LogP contribution in [0.2, 0.25) is 0 Å². The Morgan fingerprint density at radius 1 is 0.302 bits per heavy atom. The van der Waals surface area contributed by atoms with Crippen molar-refractivity contribution >= 4 is 60.8 Å². The van der Waals surface area contributed by atoms with Gasteiger partial charge in [0.05, 0.1) is 11.0 Å². The molecule has 0 atom stereocenters. The highest BCUT2D eigenvalue weighted by Gasteiger charge is 2.19. The fraction of sp³-hybridized carbons (Fsp3) is 0. The fourth-order valence-corrected chi connectivity index (χ4v) is 9.40. The van der Waals surface area contributed by atoms with Gasteiger partial charge >= 0.3 is 0 Å². The summed E-state index contributed by atoms with van der Waals surface area (Å²) in [4.78, 5) is 2.36. The number of hydrogen-bond acceptors (Lipinski definition) is 2. The molecule has 0 fully saturated rings. The molecule has 2 aromatic heterocycles. The third-order valence-electron chi connectivity index (χ3n) is 12.4. The molecule has 0 aliphatic rings. The Labute approximate surface area is 366 Å². The van der Waals surface area contributed by atoms with Crippen LogP contribution in [0.1, 0.15) is 0 Å². The molecular formula is C60H40N2O. The molecule has 0 aliphatic heterocycles. The number of benzene rings is 10. The van der Waals surface area contributed by atoms with E-state index in [4.69, 9.17) is 4.42 Å². The van der Waals surface area contributed by atoms with Gasteiger partial charge in [0.25, 0.3) is 0 Å². The molecule has 0 saturated carbocycles. The van der Waals surface area contributed by atoms with Gasteiger partial charge in [0, 0.05) is 44.3 Å². The van der Waals surface area contributed by atoms with Crippen LogP contribution in [0.5, 0.6) is 0 Å². The van der Waals surface area contributed by atoms with Crippen LogP contribution in [0.4, 0.5) is 17.1 Å². The molecule has 0 saturated heterocycles. The largest absolute Gasteiger partial charge is 0.456 e. The molecule has 0 spiro atoms. The average Bonchev–Trinajstić information content (AvgIpc) is 3.91. The van der Waals surface area contributed by atoms with Crippen molar-refractivity contribution in [3.63, 3.8) is 0 Å². The maximum atomic E-state index is 6.22. The molecule has 12 aromatic rings. The zero-order valence-electron chi connectivity index (χ0n) is 34.4. The van der Waals surface area contributed by atoms with Crippen molar-refractivity contribution < 1.29 is 4.42 Å². The lowest BCUT2D eigenvalue weighted by atomic mass is 9.95. The normalized spacial score (nSPS) is 11.5. The number of fused-ring (bicyclic) bond motifs is 6. The van der Waals surface area contributed by atoms with Crippen molar-refractivity contribution in [1.29, 1.82) is 0 Å². The Bertz CT molecular complexity index is 3520. The topological polar surface area (TPSA) is 21.3 Å². The van der Waals surface area contributed by atoms with Gasteiger partial charge in [0.2, 0.25) is 0 Å². The fourth-order valence-electron chi connectivity index (χ4n) is 9.40. The molecule has 0 radical (unpaired) electrons. The van der Waals surface area contributed by atoms with Gasteiger partial charge in [-0.3, -0.25) is 0 Å². The van der Waals surface area contributed by atoms with Crippen LogP contribution in [-0.4, -0.2) is 4.57 Å². The van der Waals surface area contributed by atoms with E-state index in [1.54, 1.807) is 0 Å². The first kappa shape index (κ1) is 36.5. The molecule has 63 heavy (non-hydrogen) atoms. The van der Waals surface area contributed by atoms with Gasteiger partial charge in [-0.1, -0.05) is 164 Å². The number of furan rings is 1. The smallest absolute Gasteiger partial charge is 0.135 e. The highest BCUT2D eigenvalue weighted by molar-refractivity contribution is 6.16. The monoisotopic (exact) mass is 804 g/mol. The summed E-state index contributed by atoms with van der Waals surface area (Å²) in [5.41, 5.74) is 18.0. The number of aromatic nitrogens is 1. The number of nitrogens with zero attached hydrogens (tertiary/aromatic N) is 2. The van der Waals surface area contributed by atoms with E-state index in [0.29, 0.717) is 0 Å². The maximum absolute atomic E-state index is 6.22. The van der Waals surface area contributed by atoms with Crippen LogP contribution in [0, 0.1) is 0 Å².